The molecule has 6 nitrogen and oxygen atoms in total. The van der Waals surface area contributed by atoms with Crippen molar-refractivity contribution in [3.63, 3.8) is 0 Å². The van der Waals surface area contributed by atoms with Crippen molar-refractivity contribution < 1.29 is 18.4 Å². The van der Waals surface area contributed by atoms with Gasteiger partial charge in [-0.15, -0.1) is 0 Å². The van der Waals surface area contributed by atoms with Gasteiger partial charge in [-0.2, -0.15) is 0 Å². The van der Waals surface area contributed by atoms with Crippen LogP contribution in [0.2, 0.25) is 0 Å². The number of anilines is 1. The standard InChI is InChI=1S/C31H40F2N4O2/c1-19-13-20-14-21(17-30(2,16-20)29(39)37-23-7-11-35-12-8-23)26(19)27(34)28(38)36-18-31(9-3-4-10-31)22-5-6-24(32)25(33)15-22/h5-8,11-12,15,19-21,26-27H,3-4,9-10,13-14,16-18,34H2,1-2H3,(H,36,38)(H,35,37,39). The van der Waals surface area contributed by atoms with E-state index in [-0.39, 0.29) is 29.6 Å². The van der Waals surface area contributed by atoms with E-state index in [1.165, 1.54) is 12.1 Å². The minimum Gasteiger partial charge on any atom is -0.354 e. The summed E-state index contributed by atoms with van der Waals surface area (Å²) in [6.45, 7) is 4.56. The van der Waals surface area contributed by atoms with E-state index in [0.29, 0.717) is 18.9 Å². The van der Waals surface area contributed by atoms with Crippen molar-refractivity contribution in [2.75, 3.05) is 11.9 Å². The molecule has 0 saturated heterocycles. The molecule has 39 heavy (non-hydrogen) atoms. The lowest BCUT2D eigenvalue weighted by Crippen LogP contribution is -2.56. The van der Waals surface area contributed by atoms with E-state index in [0.717, 1.165) is 56.2 Å². The van der Waals surface area contributed by atoms with Crippen LogP contribution >= 0.6 is 0 Å². The largest absolute Gasteiger partial charge is 0.354 e. The molecule has 2 aromatic rings. The van der Waals surface area contributed by atoms with Gasteiger partial charge in [0.15, 0.2) is 11.6 Å². The Balaban J connectivity index is 1.27. The highest BCUT2D eigenvalue weighted by molar-refractivity contribution is 5.95. The highest BCUT2D eigenvalue weighted by Crippen LogP contribution is 2.53. The van der Waals surface area contributed by atoms with Gasteiger partial charge in [-0.3, -0.25) is 14.6 Å². The highest BCUT2D eigenvalue weighted by atomic mass is 19.2. The predicted molar refractivity (Wildman–Crippen MR) is 147 cm³/mol. The van der Waals surface area contributed by atoms with E-state index in [1.807, 2.05) is 6.92 Å². The molecule has 4 N–H and O–H groups in total. The maximum absolute atomic E-state index is 14.1. The first-order chi connectivity index (χ1) is 18.6. The second kappa shape index (κ2) is 11.0. The van der Waals surface area contributed by atoms with Crippen LogP contribution in [0, 0.1) is 40.7 Å². The molecule has 0 radical (unpaired) electrons. The van der Waals surface area contributed by atoms with Gasteiger partial charge in [-0.25, -0.2) is 8.78 Å². The van der Waals surface area contributed by atoms with E-state index >= 15 is 0 Å². The molecule has 6 unspecified atom stereocenters. The number of nitrogens with one attached hydrogen (secondary N) is 2. The second-order valence-corrected chi connectivity index (χ2v) is 12.7. The van der Waals surface area contributed by atoms with Gasteiger partial charge in [0.2, 0.25) is 11.8 Å². The van der Waals surface area contributed by atoms with E-state index in [4.69, 9.17) is 5.73 Å². The van der Waals surface area contributed by atoms with Gasteiger partial charge in [0.05, 0.1) is 6.04 Å². The Labute approximate surface area is 229 Å². The fourth-order valence-corrected chi connectivity index (χ4v) is 8.06. The summed E-state index contributed by atoms with van der Waals surface area (Å²) in [4.78, 5) is 30.9. The highest BCUT2D eigenvalue weighted by Gasteiger charge is 2.51. The number of fused-ring (bicyclic) bond motifs is 2. The van der Waals surface area contributed by atoms with Crippen LogP contribution in [0.1, 0.15) is 70.8 Å². The molecular formula is C31H40F2N4O2. The van der Waals surface area contributed by atoms with Crippen LogP contribution in [0.5, 0.6) is 0 Å². The Morgan fingerprint density at radius 2 is 1.79 bits per heavy atom. The Morgan fingerprint density at radius 3 is 2.49 bits per heavy atom. The van der Waals surface area contributed by atoms with Crippen molar-refractivity contribution in [3.05, 3.63) is 59.9 Å². The topological polar surface area (TPSA) is 97.1 Å². The summed E-state index contributed by atoms with van der Waals surface area (Å²) in [6, 6.07) is 6.96. The third-order valence-corrected chi connectivity index (χ3v) is 9.89. The fourth-order valence-electron chi connectivity index (χ4n) is 8.06. The van der Waals surface area contributed by atoms with Crippen molar-refractivity contribution in [2.24, 2.45) is 34.8 Å². The first-order valence-electron chi connectivity index (χ1n) is 14.3. The Bertz CT molecular complexity index is 1200. The van der Waals surface area contributed by atoms with Gasteiger partial charge in [-0.05, 0) is 92.0 Å². The Hall–Kier alpha value is -2.87. The minimum atomic E-state index is -0.864. The van der Waals surface area contributed by atoms with Crippen molar-refractivity contribution in [2.45, 2.75) is 76.7 Å². The number of carbonyl (C=O) groups is 2. The molecule has 1 aromatic carbocycles. The fraction of sp³-hybridized carbons (Fsp3) is 0.581. The first kappa shape index (κ1) is 27.7. The van der Waals surface area contributed by atoms with E-state index in [1.54, 1.807) is 30.6 Å². The molecule has 8 heteroatoms. The van der Waals surface area contributed by atoms with Crippen molar-refractivity contribution >= 4 is 17.5 Å². The summed E-state index contributed by atoms with van der Waals surface area (Å²) in [7, 11) is 0. The molecule has 6 atom stereocenters. The monoisotopic (exact) mass is 538 g/mol. The number of carbonyl (C=O) groups excluding carboxylic acids is 2. The summed E-state index contributed by atoms with van der Waals surface area (Å²) < 4.78 is 27.7. The van der Waals surface area contributed by atoms with Gasteiger partial charge in [0.1, 0.15) is 0 Å². The lowest BCUT2D eigenvalue weighted by atomic mass is 9.54. The van der Waals surface area contributed by atoms with Crippen LogP contribution < -0.4 is 16.4 Å². The average Bonchev–Trinajstić information content (AvgIpc) is 3.39. The number of pyridine rings is 1. The molecule has 3 aliphatic rings. The predicted octanol–water partition coefficient (Wildman–Crippen LogP) is 5.33. The number of hydrogen-bond acceptors (Lipinski definition) is 4. The lowest BCUT2D eigenvalue weighted by molar-refractivity contribution is -0.133. The Kier molecular flexibility index (Phi) is 7.77. The number of halogens is 2. The Morgan fingerprint density at radius 1 is 1.08 bits per heavy atom. The number of benzene rings is 1. The maximum atomic E-state index is 14.1. The van der Waals surface area contributed by atoms with Crippen molar-refractivity contribution in [3.8, 4) is 0 Å². The van der Waals surface area contributed by atoms with Gasteiger partial charge in [-0.1, -0.05) is 32.8 Å². The van der Waals surface area contributed by atoms with Gasteiger partial charge >= 0.3 is 0 Å². The van der Waals surface area contributed by atoms with E-state index in [2.05, 4.69) is 22.5 Å². The van der Waals surface area contributed by atoms with E-state index in [9.17, 15) is 18.4 Å². The number of nitrogens with two attached hydrogens (primary N) is 1. The zero-order valence-corrected chi connectivity index (χ0v) is 22.9. The van der Waals surface area contributed by atoms with Crippen LogP contribution in [0.3, 0.4) is 0 Å². The summed E-state index contributed by atoms with van der Waals surface area (Å²) >= 11 is 0. The van der Waals surface area contributed by atoms with Crippen LogP contribution in [0.15, 0.2) is 42.7 Å². The third-order valence-electron chi connectivity index (χ3n) is 9.89. The molecule has 0 aliphatic heterocycles. The molecular weight excluding hydrogens is 498 g/mol. The molecule has 5 rings (SSSR count). The SMILES string of the molecule is CC1CC2CC(CC(C)(C(=O)Nc3ccncc3)C2)C1C(N)C(=O)NCC1(c2ccc(F)c(F)c2)CCCC1. The molecule has 3 saturated carbocycles. The van der Waals surface area contributed by atoms with Crippen LogP contribution in [0.25, 0.3) is 0 Å². The zero-order valence-electron chi connectivity index (χ0n) is 22.9. The number of nitrogens with zero attached hydrogens (tertiary/aromatic N) is 1. The van der Waals surface area contributed by atoms with Crippen molar-refractivity contribution in [1.82, 2.24) is 10.3 Å². The number of aromatic nitrogens is 1. The smallest absolute Gasteiger partial charge is 0.237 e. The van der Waals surface area contributed by atoms with E-state index < -0.39 is 28.5 Å². The zero-order chi connectivity index (χ0) is 27.8. The second-order valence-electron chi connectivity index (χ2n) is 12.7. The molecule has 210 valence electrons. The molecule has 1 aromatic heterocycles. The number of hydrogen-bond donors (Lipinski definition) is 3. The van der Waals surface area contributed by atoms with Crippen molar-refractivity contribution in [1.29, 1.82) is 0 Å². The summed E-state index contributed by atoms with van der Waals surface area (Å²) in [6.07, 6.45) is 10.3. The normalized spacial score (nSPS) is 30.4. The first-order valence-corrected chi connectivity index (χ1v) is 14.3. The van der Waals surface area contributed by atoms with Gasteiger partial charge in [0, 0.05) is 35.5 Å². The molecule has 3 aliphatic carbocycles. The lowest BCUT2D eigenvalue weighted by Gasteiger charge is -2.51. The van der Waals surface area contributed by atoms with Gasteiger partial charge in [0.25, 0.3) is 0 Å². The third kappa shape index (κ3) is 5.58. The summed E-state index contributed by atoms with van der Waals surface area (Å²) in [5.74, 6) is -1.08. The number of amides is 2. The molecule has 0 spiro atoms. The summed E-state index contributed by atoms with van der Waals surface area (Å²) in [5.41, 5.74) is 7.19. The average molecular weight is 539 g/mol. The van der Waals surface area contributed by atoms with Crippen LogP contribution in [0.4, 0.5) is 14.5 Å². The van der Waals surface area contributed by atoms with Gasteiger partial charge < -0.3 is 16.4 Å². The minimum absolute atomic E-state index is 0.00410. The van der Waals surface area contributed by atoms with Crippen LogP contribution in [-0.4, -0.2) is 29.4 Å². The summed E-state index contributed by atoms with van der Waals surface area (Å²) in [5, 5.41) is 6.16. The molecule has 1 heterocycles. The maximum Gasteiger partial charge on any atom is 0.237 e. The molecule has 2 amide bonds. The number of rotatable bonds is 7. The molecule has 3 fully saturated rings. The molecule has 2 bridgehead atoms. The van der Waals surface area contributed by atoms with Crippen LogP contribution in [-0.2, 0) is 15.0 Å². The quantitative estimate of drug-likeness (QED) is 0.444.